The Hall–Kier alpha value is -3.15. The van der Waals surface area contributed by atoms with E-state index in [1.165, 1.54) is 12.1 Å². The molecule has 3 atom stereocenters. The third-order valence-electron chi connectivity index (χ3n) is 10.1. The van der Waals surface area contributed by atoms with Crippen molar-refractivity contribution in [3.05, 3.63) is 29.6 Å². The Kier molecular flexibility index (Phi) is 12.5. The van der Waals surface area contributed by atoms with Crippen molar-refractivity contribution in [3.8, 4) is 0 Å². The quantitative estimate of drug-likeness (QED) is 0.319. The predicted octanol–water partition coefficient (Wildman–Crippen LogP) is 4.82. The Morgan fingerprint density at radius 1 is 0.913 bits per heavy atom. The molecule has 9 nitrogen and oxygen atoms in total. The summed E-state index contributed by atoms with van der Waals surface area (Å²) in [6.07, 6.45) is 6.64. The highest BCUT2D eigenvalue weighted by atomic mass is 19.3. The standard InChI is InChI=1S/C34H50F3N5O4/c1-4-28(43)39-29(32(45)42-19-17-41(3)18-20-42)22(2)24-15-16-27(26(35)21-24)38-31(44)30(23-11-7-5-8-12-23)40-33(46)34(36,37)25-13-9-6-10-14-25/h15-16,21-23,25,29-30H,4-14,17-20H2,1-3H3,(H,38,44)(H,39,43)(H,40,46). The van der Waals surface area contributed by atoms with Gasteiger partial charge in [-0.25, -0.2) is 4.39 Å². The maximum atomic E-state index is 15.6. The Balaban J connectivity index is 1.50. The van der Waals surface area contributed by atoms with Crippen LogP contribution in [0.4, 0.5) is 18.9 Å². The van der Waals surface area contributed by atoms with E-state index < -0.39 is 47.5 Å². The summed E-state index contributed by atoms with van der Waals surface area (Å²) < 4.78 is 46.0. The number of piperazine rings is 1. The highest BCUT2D eigenvalue weighted by molar-refractivity contribution is 5.98. The summed E-state index contributed by atoms with van der Waals surface area (Å²) in [5, 5.41) is 7.71. The number of nitrogens with zero attached hydrogens (tertiary/aromatic N) is 2. The van der Waals surface area contributed by atoms with Crippen LogP contribution in [0.15, 0.2) is 18.2 Å². The summed E-state index contributed by atoms with van der Waals surface area (Å²) in [5.41, 5.74) is 0.290. The minimum atomic E-state index is -3.60. The molecule has 0 bridgehead atoms. The number of rotatable bonds is 11. The van der Waals surface area contributed by atoms with Crippen LogP contribution >= 0.6 is 0 Å². The van der Waals surface area contributed by atoms with E-state index in [0.717, 1.165) is 25.7 Å². The molecular formula is C34H50F3N5O4. The predicted molar refractivity (Wildman–Crippen MR) is 170 cm³/mol. The molecular weight excluding hydrogens is 599 g/mol. The van der Waals surface area contributed by atoms with E-state index in [0.29, 0.717) is 57.4 Å². The maximum absolute atomic E-state index is 15.6. The number of hydrogen-bond acceptors (Lipinski definition) is 5. The van der Waals surface area contributed by atoms with Crippen LogP contribution in [0.1, 0.15) is 96.0 Å². The summed E-state index contributed by atoms with van der Waals surface area (Å²) in [5.74, 6) is -9.07. The molecule has 4 rings (SSSR count). The molecule has 0 spiro atoms. The monoisotopic (exact) mass is 649 g/mol. The number of alkyl halides is 2. The number of hydrogen-bond donors (Lipinski definition) is 3. The van der Waals surface area contributed by atoms with Crippen molar-refractivity contribution >= 4 is 29.3 Å². The Bertz CT molecular complexity index is 1230. The zero-order valence-electron chi connectivity index (χ0n) is 27.4. The Labute approximate surface area is 270 Å². The van der Waals surface area contributed by atoms with Crippen LogP contribution in [-0.4, -0.2) is 84.7 Å². The number of benzene rings is 1. The normalized spacial score (nSPS) is 20.8. The molecule has 256 valence electrons. The lowest BCUT2D eigenvalue weighted by atomic mass is 9.82. The highest BCUT2D eigenvalue weighted by Gasteiger charge is 2.48. The van der Waals surface area contributed by atoms with Gasteiger partial charge in [0.05, 0.1) is 5.69 Å². The number of halogens is 3. The van der Waals surface area contributed by atoms with Crippen molar-refractivity contribution in [2.45, 2.75) is 108 Å². The molecule has 0 radical (unpaired) electrons. The molecule has 3 unspecified atom stereocenters. The third kappa shape index (κ3) is 8.80. The van der Waals surface area contributed by atoms with Crippen molar-refractivity contribution in [2.75, 3.05) is 38.5 Å². The van der Waals surface area contributed by atoms with E-state index in [2.05, 4.69) is 20.9 Å². The van der Waals surface area contributed by atoms with Gasteiger partial charge in [0.1, 0.15) is 17.9 Å². The largest absolute Gasteiger partial charge is 0.344 e. The zero-order chi connectivity index (χ0) is 33.4. The van der Waals surface area contributed by atoms with E-state index in [-0.39, 0.29) is 42.7 Å². The molecule has 4 amide bonds. The molecule has 1 aliphatic heterocycles. The highest BCUT2D eigenvalue weighted by Crippen LogP contribution is 2.37. The van der Waals surface area contributed by atoms with Gasteiger partial charge in [0, 0.05) is 44.4 Å². The first-order valence-corrected chi connectivity index (χ1v) is 17.0. The van der Waals surface area contributed by atoms with Crippen molar-refractivity contribution in [3.63, 3.8) is 0 Å². The lowest BCUT2D eigenvalue weighted by Crippen LogP contribution is -2.55. The Morgan fingerprint density at radius 2 is 1.52 bits per heavy atom. The SMILES string of the molecule is CCC(=O)NC(C(=O)N1CCN(C)CC1)C(C)c1ccc(NC(=O)C(NC(=O)C(F)(F)C2CCCCC2)C2CCCCC2)c(F)c1. The topological polar surface area (TPSA) is 111 Å². The minimum absolute atomic E-state index is 0.158. The number of carbonyl (C=O) groups excluding carboxylic acids is 4. The molecule has 1 heterocycles. The molecule has 3 aliphatic rings. The molecule has 12 heteroatoms. The molecule has 2 aliphatic carbocycles. The van der Waals surface area contributed by atoms with E-state index in [1.54, 1.807) is 24.8 Å². The van der Waals surface area contributed by atoms with Gasteiger partial charge in [0.25, 0.3) is 5.91 Å². The molecule has 3 fully saturated rings. The van der Waals surface area contributed by atoms with Gasteiger partial charge < -0.3 is 25.8 Å². The van der Waals surface area contributed by atoms with Gasteiger partial charge in [-0.15, -0.1) is 0 Å². The van der Waals surface area contributed by atoms with Gasteiger partial charge in [-0.3, -0.25) is 19.2 Å². The summed E-state index contributed by atoms with van der Waals surface area (Å²) >= 11 is 0. The fourth-order valence-corrected chi connectivity index (χ4v) is 6.97. The fourth-order valence-electron chi connectivity index (χ4n) is 6.97. The first-order valence-electron chi connectivity index (χ1n) is 17.0. The first-order chi connectivity index (χ1) is 21.9. The van der Waals surface area contributed by atoms with Crippen molar-refractivity contribution < 1.29 is 32.3 Å². The van der Waals surface area contributed by atoms with Crippen LogP contribution in [0.3, 0.4) is 0 Å². The van der Waals surface area contributed by atoms with Crippen molar-refractivity contribution in [1.29, 1.82) is 0 Å². The summed E-state index contributed by atoms with van der Waals surface area (Å²) in [4.78, 5) is 56.2. The zero-order valence-corrected chi connectivity index (χ0v) is 27.4. The first kappa shape index (κ1) is 35.7. The van der Waals surface area contributed by atoms with Crippen LogP contribution in [0.5, 0.6) is 0 Å². The van der Waals surface area contributed by atoms with Crippen LogP contribution in [0.25, 0.3) is 0 Å². The van der Waals surface area contributed by atoms with E-state index in [1.807, 2.05) is 7.05 Å². The summed E-state index contributed by atoms with van der Waals surface area (Å²) in [7, 11) is 1.97. The van der Waals surface area contributed by atoms with Gasteiger partial charge in [-0.2, -0.15) is 8.78 Å². The van der Waals surface area contributed by atoms with Gasteiger partial charge in [-0.05, 0) is 56.3 Å². The third-order valence-corrected chi connectivity index (χ3v) is 10.1. The Morgan fingerprint density at radius 3 is 2.11 bits per heavy atom. The number of nitrogens with one attached hydrogen (secondary N) is 3. The smallest absolute Gasteiger partial charge is 0.327 e. The van der Waals surface area contributed by atoms with E-state index in [9.17, 15) is 19.2 Å². The molecule has 1 aromatic rings. The number of anilines is 1. The summed E-state index contributed by atoms with van der Waals surface area (Å²) in [6.45, 7) is 5.88. The molecule has 1 aromatic carbocycles. The maximum Gasteiger partial charge on any atom is 0.327 e. The average Bonchev–Trinajstić information content (AvgIpc) is 3.07. The van der Waals surface area contributed by atoms with E-state index >= 15 is 13.2 Å². The average molecular weight is 650 g/mol. The molecule has 1 saturated heterocycles. The molecule has 46 heavy (non-hydrogen) atoms. The van der Waals surface area contributed by atoms with E-state index in [4.69, 9.17) is 0 Å². The summed E-state index contributed by atoms with van der Waals surface area (Å²) in [6, 6.07) is 2.03. The van der Waals surface area contributed by atoms with Crippen molar-refractivity contribution in [2.24, 2.45) is 11.8 Å². The molecule has 0 aromatic heterocycles. The lowest BCUT2D eigenvalue weighted by Gasteiger charge is -2.36. The number of likely N-dealkylation sites (N-methyl/N-ethyl adjacent to an activating group) is 1. The van der Waals surface area contributed by atoms with Gasteiger partial charge in [-0.1, -0.05) is 58.4 Å². The van der Waals surface area contributed by atoms with Crippen LogP contribution < -0.4 is 16.0 Å². The fraction of sp³-hybridized carbons (Fsp3) is 0.706. The van der Waals surface area contributed by atoms with Crippen molar-refractivity contribution in [1.82, 2.24) is 20.4 Å². The van der Waals surface area contributed by atoms with Gasteiger partial charge in [0.15, 0.2) is 0 Å². The van der Waals surface area contributed by atoms with Crippen LogP contribution in [0, 0.1) is 17.7 Å². The number of amides is 4. The number of carbonyl (C=O) groups is 4. The lowest BCUT2D eigenvalue weighted by molar-refractivity contribution is -0.158. The van der Waals surface area contributed by atoms with Gasteiger partial charge >= 0.3 is 5.92 Å². The second-order valence-corrected chi connectivity index (χ2v) is 13.4. The van der Waals surface area contributed by atoms with Gasteiger partial charge in [0.2, 0.25) is 17.7 Å². The second kappa shape index (κ2) is 16.1. The second-order valence-electron chi connectivity index (χ2n) is 13.4. The van der Waals surface area contributed by atoms with Crippen LogP contribution in [0.2, 0.25) is 0 Å². The molecule has 3 N–H and O–H groups in total. The molecule has 2 saturated carbocycles. The van der Waals surface area contributed by atoms with Crippen LogP contribution in [-0.2, 0) is 19.2 Å². The minimum Gasteiger partial charge on any atom is -0.344 e.